The van der Waals surface area contributed by atoms with Crippen LogP contribution >= 0.6 is 11.8 Å². The van der Waals surface area contributed by atoms with E-state index < -0.39 is 32.2 Å². The van der Waals surface area contributed by atoms with Gasteiger partial charge in [-0.3, -0.25) is 4.79 Å². The number of ether oxygens (including phenoxy) is 1. The molecule has 0 heterocycles. The molecule has 0 unspecified atom stereocenters. The Labute approximate surface area is 210 Å². The van der Waals surface area contributed by atoms with E-state index in [0.717, 1.165) is 27.8 Å². The molecule has 2 atom stereocenters. The molecule has 7 heteroatoms. The molecular formula is C27H39NO4SSi. The van der Waals surface area contributed by atoms with Gasteiger partial charge >= 0.3 is 6.09 Å². The van der Waals surface area contributed by atoms with E-state index in [1.807, 2.05) is 61.5 Å². The molecule has 0 radical (unpaired) electrons. The van der Waals surface area contributed by atoms with Crippen molar-refractivity contribution in [2.24, 2.45) is 0 Å². The second kappa shape index (κ2) is 11.1. The van der Waals surface area contributed by atoms with Crippen molar-refractivity contribution in [1.82, 2.24) is 5.32 Å². The molecule has 0 bridgehead atoms. The van der Waals surface area contributed by atoms with Crippen molar-refractivity contribution in [3.63, 3.8) is 0 Å². The molecule has 186 valence electrons. The molecule has 1 amide bonds. The first-order chi connectivity index (χ1) is 15.6. The first-order valence-corrected chi connectivity index (χ1v) is 15.3. The molecule has 0 aromatic heterocycles. The molecule has 5 nitrogen and oxygen atoms in total. The molecule has 0 saturated carbocycles. The summed E-state index contributed by atoms with van der Waals surface area (Å²) in [5.41, 5.74) is 1.26. The van der Waals surface area contributed by atoms with Crippen LogP contribution in [0, 0.1) is 6.92 Å². The highest BCUT2D eigenvalue weighted by atomic mass is 32.2. The predicted octanol–water partition coefficient (Wildman–Crippen LogP) is 7.27. The van der Waals surface area contributed by atoms with E-state index in [9.17, 15) is 9.59 Å². The number of hydrogen-bond acceptors (Lipinski definition) is 5. The SMILES string of the molecule is Cc1ccc(SC(=O)[C@@H](NC(=O)OC(C)(C)C)[C@@H](O[Si](C)(C)C(C)(C)C)c2ccccc2)cc1. The standard InChI is InChI=1S/C27H39NO4SSi/c1-19-15-17-21(18-16-19)33-24(29)22(28-25(30)31-26(2,3)4)23(20-13-11-10-12-14-20)32-34(8,9)27(5,6)7/h10-18,22-23H,1-9H3,(H,28,30)/t22-,23-/m0/s1. The largest absolute Gasteiger partial charge is 0.444 e. The third kappa shape index (κ3) is 8.29. The summed E-state index contributed by atoms with van der Waals surface area (Å²) in [7, 11) is -2.31. The molecule has 0 spiro atoms. The van der Waals surface area contributed by atoms with Crippen molar-refractivity contribution in [1.29, 1.82) is 0 Å². The number of nitrogens with one attached hydrogen (secondary N) is 1. The lowest BCUT2D eigenvalue weighted by atomic mass is 10.0. The highest BCUT2D eigenvalue weighted by molar-refractivity contribution is 8.13. The Balaban J connectivity index is 2.49. The third-order valence-electron chi connectivity index (χ3n) is 5.82. The Morgan fingerprint density at radius 1 is 0.912 bits per heavy atom. The predicted molar refractivity (Wildman–Crippen MR) is 143 cm³/mol. The van der Waals surface area contributed by atoms with Crippen LogP contribution in [-0.2, 0) is 14.0 Å². The minimum Gasteiger partial charge on any atom is -0.444 e. The summed E-state index contributed by atoms with van der Waals surface area (Å²) in [6, 6.07) is 16.4. The first-order valence-electron chi connectivity index (χ1n) is 11.6. The lowest BCUT2D eigenvalue weighted by Gasteiger charge is -2.41. The van der Waals surface area contributed by atoms with Gasteiger partial charge in [-0.25, -0.2) is 4.79 Å². The summed E-state index contributed by atoms with van der Waals surface area (Å²) < 4.78 is 12.3. The Hall–Kier alpha value is -2.09. The van der Waals surface area contributed by atoms with Crippen LogP contribution in [0.4, 0.5) is 4.79 Å². The highest BCUT2D eigenvalue weighted by Crippen LogP contribution is 2.41. The molecule has 0 saturated heterocycles. The zero-order valence-electron chi connectivity index (χ0n) is 21.9. The van der Waals surface area contributed by atoms with Crippen molar-refractivity contribution in [3.05, 3.63) is 65.7 Å². The van der Waals surface area contributed by atoms with Gasteiger partial charge in [-0.2, -0.15) is 0 Å². The molecule has 2 aromatic carbocycles. The maximum atomic E-state index is 13.7. The second-order valence-electron chi connectivity index (χ2n) is 11.1. The number of alkyl carbamates (subject to hydrolysis) is 1. The van der Waals surface area contributed by atoms with Gasteiger partial charge in [-0.05, 0) is 75.3 Å². The highest BCUT2D eigenvalue weighted by Gasteiger charge is 2.43. The van der Waals surface area contributed by atoms with E-state index >= 15 is 0 Å². The van der Waals surface area contributed by atoms with Crippen LogP contribution < -0.4 is 5.32 Å². The molecule has 0 aliphatic rings. The van der Waals surface area contributed by atoms with Gasteiger partial charge in [0.25, 0.3) is 0 Å². The molecular weight excluding hydrogens is 462 g/mol. The fourth-order valence-electron chi connectivity index (χ4n) is 2.94. The molecule has 0 fully saturated rings. The number of carbonyl (C=O) groups is 2. The summed E-state index contributed by atoms with van der Waals surface area (Å²) in [6.07, 6.45) is -1.30. The average Bonchev–Trinajstić information content (AvgIpc) is 2.70. The van der Waals surface area contributed by atoms with Crippen LogP contribution in [0.5, 0.6) is 0 Å². The lowest BCUT2D eigenvalue weighted by molar-refractivity contribution is -0.115. The van der Waals surface area contributed by atoms with Crippen molar-refractivity contribution >= 4 is 31.3 Å². The van der Waals surface area contributed by atoms with Crippen LogP contribution in [0.15, 0.2) is 59.5 Å². The van der Waals surface area contributed by atoms with Crippen LogP contribution in [0.2, 0.25) is 18.1 Å². The van der Waals surface area contributed by atoms with E-state index in [1.165, 1.54) is 0 Å². The van der Waals surface area contributed by atoms with E-state index in [2.05, 4.69) is 39.2 Å². The Bertz CT molecular complexity index is 963. The Morgan fingerprint density at radius 3 is 1.97 bits per heavy atom. The number of amides is 1. The van der Waals surface area contributed by atoms with Crippen LogP contribution in [0.3, 0.4) is 0 Å². The molecule has 0 aliphatic carbocycles. The van der Waals surface area contributed by atoms with Gasteiger partial charge in [0.05, 0.1) is 6.10 Å². The number of rotatable bonds is 7. The van der Waals surface area contributed by atoms with E-state index in [1.54, 1.807) is 20.8 Å². The summed E-state index contributed by atoms with van der Waals surface area (Å²) in [5.74, 6) is 0. The summed E-state index contributed by atoms with van der Waals surface area (Å²) in [5, 5.41) is 2.56. The topological polar surface area (TPSA) is 64.6 Å². The smallest absolute Gasteiger partial charge is 0.408 e. The van der Waals surface area contributed by atoms with E-state index in [4.69, 9.17) is 9.16 Å². The monoisotopic (exact) mass is 501 g/mol. The fourth-order valence-corrected chi connectivity index (χ4v) is 5.02. The zero-order chi connectivity index (χ0) is 25.7. The number of benzene rings is 2. The van der Waals surface area contributed by atoms with Crippen molar-refractivity contribution in [3.8, 4) is 0 Å². The number of thioether (sulfide) groups is 1. The van der Waals surface area contributed by atoms with Crippen LogP contribution in [0.1, 0.15) is 58.8 Å². The summed E-state index contributed by atoms with van der Waals surface area (Å²) >= 11 is 1.10. The Morgan fingerprint density at radius 2 is 1.47 bits per heavy atom. The van der Waals surface area contributed by atoms with E-state index in [0.29, 0.717) is 0 Å². The molecule has 2 aromatic rings. The maximum Gasteiger partial charge on any atom is 0.408 e. The molecule has 2 rings (SSSR count). The third-order valence-corrected chi connectivity index (χ3v) is 11.2. The van der Waals surface area contributed by atoms with Gasteiger partial charge < -0.3 is 14.5 Å². The van der Waals surface area contributed by atoms with E-state index in [-0.39, 0.29) is 10.2 Å². The molecule has 34 heavy (non-hydrogen) atoms. The van der Waals surface area contributed by atoms with Crippen LogP contribution in [-0.4, -0.2) is 31.2 Å². The van der Waals surface area contributed by atoms with Crippen molar-refractivity contribution < 1.29 is 18.8 Å². The number of aryl methyl sites for hydroxylation is 1. The van der Waals surface area contributed by atoms with Gasteiger partial charge in [0.1, 0.15) is 11.6 Å². The minimum atomic E-state index is -2.31. The average molecular weight is 502 g/mol. The fraction of sp³-hybridized carbons (Fsp3) is 0.481. The normalized spacial score (nSPS) is 14.3. The van der Waals surface area contributed by atoms with Crippen molar-refractivity contribution in [2.45, 2.75) is 89.2 Å². The van der Waals surface area contributed by atoms with Crippen LogP contribution in [0.25, 0.3) is 0 Å². The lowest BCUT2D eigenvalue weighted by Crippen LogP contribution is -2.51. The summed E-state index contributed by atoms with van der Waals surface area (Å²) in [6.45, 7) is 18.1. The number of carbonyl (C=O) groups excluding carboxylic acids is 2. The summed E-state index contributed by atoms with van der Waals surface area (Å²) in [4.78, 5) is 27.3. The van der Waals surface area contributed by atoms with Gasteiger partial charge in [-0.1, -0.05) is 68.8 Å². The maximum absolute atomic E-state index is 13.7. The van der Waals surface area contributed by atoms with Gasteiger partial charge in [0.2, 0.25) is 5.12 Å². The number of hydrogen-bond donors (Lipinski definition) is 1. The van der Waals surface area contributed by atoms with Crippen molar-refractivity contribution in [2.75, 3.05) is 0 Å². The minimum absolute atomic E-state index is 0.0797. The molecule has 0 aliphatic heterocycles. The second-order valence-corrected chi connectivity index (χ2v) is 16.9. The quantitative estimate of drug-likeness (QED) is 0.319. The zero-order valence-corrected chi connectivity index (χ0v) is 23.7. The van der Waals surface area contributed by atoms with Gasteiger partial charge in [0, 0.05) is 4.90 Å². The van der Waals surface area contributed by atoms with Gasteiger partial charge in [-0.15, -0.1) is 0 Å². The van der Waals surface area contributed by atoms with Gasteiger partial charge in [0.15, 0.2) is 8.32 Å². The first kappa shape index (κ1) is 28.1. The molecule has 1 N–H and O–H groups in total. The Kier molecular flexibility index (Phi) is 9.19.